The highest BCUT2D eigenvalue weighted by Gasteiger charge is 2.16. The van der Waals surface area contributed by atoms with Crippen molar-refractivity contribution in [3.63, 3.8) is 0 Å². The van der Waals surface area contributed by atoms with E-state index in [-0.39, 0.29) is 11.5 Å². The molecule has 1 aromatic carbocycles. The van der Waals surface area contributed by atoms with Gasteiger partial charge in [0.25, 0.3) is 11.5 Å². The lowest BCUT2D eigenvalue weighted by Gasteiger charge is -2.17. The molecule has 4 rings (SSSR count). The number of hydrogen-bond donors (Lipinski definition) is 1. The monoisotopic (exact) mass is 339 g/mol. The molecule has 1 aliphatic heterocycles. The highest BCUT2D eigenvalue weighted by Crippen LogP contribution is 2.16. The number of thiophene rings is 1. The van der Waals surface area contributed by atoms with Gasteiger partial charge < -0.3 is 5.32 Å². The van der Waals surface area contributed by atoms with E-state index in [9.17, 15) is 9.59 Å². The smallest absolute Gasteiger partial charge is 0.261 e. The normalized spacial score (nSPS) is 13.7. The number of rotatable bonds is 3. The third kappa shape index (κ3) is 2.73. The average molecular weight is 339 g/mol. The van der Waals surface area contributed by atoms with Gasteiger partial charge in [-0.1, -0.05) is 6.07 Å². The molecule has 0 unspecified atom stereocenters. The first-order valence-electron chi connectivity index (χ1n) is 8.06. The predicted molar refractivity (Wildman–Crippen MR) is 94.4 cm³/mol. The van der Waals surface area contributed by atoms with Gasteiger partial charge in [-0.15, -0.1) is 11.3 Å². The fraction of sp³-hybridized carbons (Fsp3) is 0.278. The van der Waals surface area contributed by atoms with Crippen molar-refractivity contribution in [2.24, 2.45) is 0 Å². The second-order valence-corrected chi connectivity index (χ2v) is 6.97. The first kappa shape index (κ1) is 15.1. The summed E-state index contributed by atoms with van der Waals surface area (Å²) >= 11 is 1.61. The van der Waals surface area contributed by atoms with Gasteiger partial charge in [-0.2, -0.15) is 0 Å². The minimum Gasteiger partial charge on any atom is -0.347 e. The van der Waals surface area contributed by atoms with Crippen molar-refractivity contribution >= 4 is 28.1 Å². The molecule has 1 amide bonds. The summed E-state index contributed by atoms with van der Waals surface area (Å²) in [6, 6.07) is 9.08. The van der Waals surface area contributed by atoms with Crippen LogP contribution in [0.5, 0.6) is 0 Å². The van der Waals surface area contributed by atoms with Crippen molar-refractivity contribution in [1.82, 2.24) is 14.9 Å². The standard InChI is InChI=1S/C18H17N3O2S/c22-17(19-11-13-4-3-9-24-13)12-6-7-14-15(10-12)20-16-5-1-2-8-21(16)18(14)23/h3-4,6-7,9-10H,1-2,5,8,11H2,(H,19,22). The summed E-state index contributed by atoms with van der Waals surface area (Å²) in [5.74, 6) is 0.680. The molecule has 24 heavy (non-hydrogen) atoms. The molecular formula is C18H17N3O2S. The molecule has 0 aliphatic carbocycles. The number of carbonyl (C=O) groups is 1. The summed E-state index contributed by atoms with van der Waals surface area (Å²) in [4.78, 5) is 30.6. The van der Waals surface area contributed by atoms with Crippen LogP contribution in [0.1, 0.15) is 33.9 Å². The number of aromatic nitrogens is 2. The molecule has 2 aromatic heterocycles. The second kappa shape index (κ2) is 6.20. The van der Waals surface area contributed by atoms with Crippen LogP contribution in [0.2, 0.25) is 0 Å². The number of nitrogens with zero attached hydrogens (tertiary/aromatic N) is 2. The molecule has 6 heteroatoms. The van der Waals surface area contributed by atoms with E-state index >= 15 is 0 Å². The van der Waals surface area contributed by atoms with Crippen molar-refractivity contribution in [2.45, 2.75) is 32.4 Å². The fourth-order valence-corrected chi connectivity index (χ4v) is 3.71. The van der Waals surface area contributed by atoms with Crippen LogP contribution in [0.25, 0.3) is 10.9 Å². The third-order valence-corrected chi connectivity index (χ3v) is 5.21. The Hall–Kier alpha value is -2.47. The Morgan fingerprint density at radius 3 is 3.04 bits per heavy atom. The van der Waals surface area contributed by atoms with Crippen LogP contribution < -0.4 is 10.9 Å². The molecule has 0 saturated carbocycles. The lowest BCUT2D eigenvalue weighted by Crippen LogP contribution is -2.28. The maximum atomic E-state index is 12.6. The maximum absolute atomic E-state index is 12.6. The maximum Gasteiger partial charge on any atom is 0.261 e. The summed E-state index contributed by atoms with van der Waals surface area (Å²) in [5, 5.41) is 5.47. The Morgan fingerprint density at radius 2 is 2.21 bits per heavy atom. The highest BCUT2D eigenvalue weighted by molar-refractivity contribution is 7.09. The minimum atomic E-state index is -0.148. The molecule has 0 radical (unpaired) electrons. The van der Waals surface area contributed by atoms with Gasteiger partial charge in [0.05, 0.1) is 17.4 Å². The number of nitrogens with one attached hydrogen (secondary N) is 1. The Labute approximate surface area is 143 Å². The number of carbonyl (C=O) groups excluding carboxylic acids is 1. The molecule has 5 nitrogen and oxygen atoms in total. The van der Waals surface area contributed by atoms with Crippen LogP contribution >= 0.6 is 11.3 Å². The van der Waals surface area contributed by atoms with Gasteiger partial charge in [0.15, 0.2) is 0 Å². The summed E-state index contributed by atoms with van der Waals surface area (Å²) in [5.41, 5.74) is 1.14. The fourth-order valence-electron chi connectivity index (χ4n) is 3.07. The van der Waals surface area contributed by atoms with Crippen LogP contribution in [-0.4, -0.2) is 15.5 Å². The van der Waals surface area contributed by atoms with Crippen molar-refractivity contribution in [1.29, 1.82) is 0 Å². The zero-order chi connectivity index (χ0) is 16.5. The Morgan fingerprint density at radius 1 is 1.29 bits per heavy atom. The lowest BCUT2D eigenvalue weighted by molar-refractivity contribution is 0.0951. The zero-order valence-electron chi connectivity index (χ0n) is 13.1. The SMILES string of the molecule is O=C(NCc1cccs1)c1ccc2c(=O)n3c(nc2c1)CCCC3. The average Bonchev–Trinajstić information content (AvgIpc) is 3.13. The molecule has 0 saturated heterocycles. The summed E-state index contributed by atoms with van der Waals surface area (Å²) in [6.07, 6.45) is 2.89. The van der Waals surface area contributed by atoms with Crippen LogP contribution in [0.4, 0.5) is 0 Å². The largest absolute Gasteiger partial charge is 0.347 e. The van der Waals surface area contributed by atoms with Gasteiger partial charge in [0.1, 0.15) is 5.82 Å². The van der Waals surface area contributed by atoms with Crippen molar-refractivity contribution in [3.05, 3.63) is 62.3 Å². The van der Waals surface area contributed by atoms with E-state index in [2.05, 4.69) is 10.3 Å². The van der Waals surface area contributed by atoms with Gasteiger partial charge in [-0.05, 0) is 42.5 Å². The highest BCUT2D eigenvalue weighted by atomic mass is 32.1. The van der Waals surface area contributed by atoms with E-state index in [0.29, 0.717) is 23.0 Å². The first-order valence-corrected chi connectivity index (χ1v) is 8.94. The minimum absolute atomic E-state index is 0.000226. The molecule has 0 spiro atoms. The molecule has 1 N–H and O–H groups in total. The summed E-state index contributed by atoms with van der Waals surface area (Å²) in [6.45, 7) is 1.25. The van der Waals surface area contributed by atoms with Crippen LogP contribution in [-0.2, 0) is 19.5 Å². The molecule has 0 fully saturated rings. The van der Waals surface area contributed by atoms with Crippen LogP contribution in [0.15, 0.2) is 40.5 Å². The molecule has 1 aliphatic rings. The van der Waals surface area contributed by atoms with Gasteiger partial charge >= 0.3 is 0 Å². The topological polar surface area (TPSA) is 64.0 Å². The van der Waals surface area contributed by atoms with Crippen molar-refractivity contribution in [3.8, 4) is 0 Å². The Kier molecular flexibility index (Phi) is 3.90. The van der Waals surface area contributed by atoms with E-state index in [0.717, 1.165) is 36.5 Å². The van der Waals surface area contributed by atoms with Crippen LogP contribution in [0.3, 0.4) is 0 Å². The lowest BCUT2D eigenvalue weighted by atomic mass is 10.1. The van der Waals surface area contributed by atoms with Gasteiger partial charge in [0, 0.05) is 23.4 Å². The van der Waals surface area contributed by atoms with E-state index in [1.807, 2.05) is 17.5 Å². The summed E-state index contributed by atoms with van der Waals surface area (Å²) in [7, 11) is 0. The van der Waals surface area contributed by atoms with Gasteiger partial charge in [-0.3, -0.25) is 14.2 Å². The van der Waals surface area contributed by atoms with Gasteiger partial charge in [0.2, 0.25) is 0 Å². The number of hydrogen-bond acceptors (Lipinski definition) is 4. The van der Waals surface area contributed by atoms with Crippen LogP contribution in [0, 0.1) is 0 Å². The molecular weight excluding hydrogens is 322 g/mol. The Bertz CT molecular complexity index is 960. The van der Waals surface area contributed by atoms with Gasteiger partial charge in [-0.25, -0.2) is 4.98 Å². The van der Waals surface area contributed by atoms with E-state index in [1.165, 1.54) is 0 Å². The zero-order valence-corrected chi connectivity index (χ0v) is 13.9. The molecule has 3 heterocycles. The number of aryl methyl sites for hydroxylation is 1. The first-order chi connectivity index (χ1) is 11.7. The van der Waals surface area contributed by atoms with E-state index < -0.39 is 0 Å². The Balaban J connectivity index is 1.65. The molecule has 0 bridgehead atoms. The number of benzene rings is 1. The number of amides is 1. The molecule has 0 atom stereocenters. The quantitative estimate of drug-likeness (QED) is 0.798. The third-order valence-electron chi connectivity index (χ3n) is 4.33. The predicted octanol–water partition coefficient (Wildman–Crippen LogP) is 2.72. The number of fused-ring (bicyclic) bond motifs is 2. The molecule has 122 valence electrons. The van der Waals surface area contributed by atoms with Crippen molar-refractivity contribution < 1.29 is 4.79 Å². The summed E-state index contributed by atoms with van der Waals surface area (Å²) < 4.78 is 1.77. The van der Waals surface area contributed by atoms with E-state index in [4.69, 9.17) is 0 Å². The second-order valence-electron chi connectivity index (χ2n) is 5.94. The van der Waals surface area contributed by atoms with Crippen molar-refractivity contribution in [2.75, 3.05) is 0 Å². The van der Waals surface area contributed by atoms with E-state index in [1.54, 1.807) is 34.1 Å². The molecule has 3 aromatic rings.